The lowest BCUT2D eigenvalue weighted by Crippen LogP contribution is -2.25. The van der Waals surface area contributed by atoms with Crippen molar-refractivity contribution in [3.63, 3.8) is 0 Å². The first-order valence-corrected chi connectivity index (χ1v) is 7.08. The Hall–Kier alpha value is -2.47. The number of H-pyrrole nitrogens is 1. The van der Waals surface area contributed by atoms with Gasteiger partial charge in [-0.15, -0.1) is 0 Å². The quantitative estimate of drug-likeness (QED) is 0.849. The number of carbonyl (C=O) groups is 1. The van der Waals surface area contributed by atoms with Crippen LogP contribution in [0.5, 0.6) is 0 Å². The normalized spacial score (nSPS) is 10.7. The molecule has 2 aromatic rings. The van der Waals surface area contributed by atoms with Gasteiger partial charge in [-0.25, -0.2) is 5.10 Å². The van der Waals surface area contributed by atoms with Crippen molar-refractivity contribution in [3.05, 3.63) is 63.6 Å². The second-order valence-corrected chi connectivity index (χ2v) is 5.17. The third-order valence-electron chi connectivity index (χ3n) is 2.94. The van der Waals surface area contributed by atoms with Crippen LogP contribution in [0.4, 0.5) is 0 Å². The Labute approximate surface area is 128 Å². The summed E-state index contributed by atoms with van der Waals surface area (Å²) in [6, 6.07) is 10.5. The molecule has 0 aliphatic rings. The summed E-state index contributed by atoms with van der Waals surface area (Å²) in [6.07, 6.45) is 0.176. The van der Waals surface area contributed by atoms with Crippen LogP contribution in [0.25, 0.3) is 0 Å². The first kappa shape index (κ1) is 15.9. The van der Waals surface area contributed by atoms with E-state index in [0.717, 1.165) is 11.1 Å². The van der Waals surface area contributed by atoms with Crippen molar-refractivity contribution < 1.29 is 9.53 Å². The van der Waals surface area contributed by atoms with Crippen molar-refractivity contribution in [2.75, 3.05) is 0 Å². The van der Waals surface area contributed by atoms with E-state index in [1.54, 1.807) is 0 Å². The Balaban J connectivity index is 1.93. The van der Waals surface area contributed by atoms with Gasteiger partial charge in [-0.3, -0.25) is 9.59 Å². The van der Waals surface area contributed by atoms with E-state index in [9.17, 15) is 9.59 Å². The highest BCUT2D eigenvalue weighted by Crippen LogP contribution is 2.08. The van der Waals surface area contributed by atoms with Gasteiger partial charge in [0.05, 0.1) is 12.7 Å². The molecular formula is C16H19N3O3. The van der Waals surface area contributed by atoms with Gasteiger partial charge in [0.2, 0.25) is 0 Å². The second-order valence-electron chi connectivity index (χ2n) is 5.17. The van der Waals surface area contributed by atoms with E-state index in [2.05, 4.69) is 15.5 Å². The third kappa shape index (κ3) is 4.82. The SMILES string of the molecule is CC(C)OCc1cccc(CNC(=O)c2ccc(=O)[nH]n2)c1. The van der Waals surface area contributed by atoms with Crippen LogP contribution in [0.3, 0.4) is 0 Å². The van der Waals surface area contributed by atoms with Crippen molar-refractivity contribution in [2.24, 2.45) is 0 Å². The first-order valence-electron chi connectivity index (χ1n) is 7.08. The lowest BCUT2D eigenvalue weighted by Gasteiger charge is -2.09. The van der Waals surface area contributed by atoms with Gasteiger partial charge in [-0.05, 0) is 31.0 Å². The fraction of sp³-hybridized carbons (Fsp3) is 0.312. The monoisotopic (exact) mass is 301 g/mol. The number of hydrogen-bond donors (Lipinski definition) is 2. The zero-order valence-corrected chi connectivity index (χ0v) is 12.6. The van der Waals surface area contributed by atoms with Gasteiger partial charge in [0, 0.05) is 12.6 Å². The smallest absolute Gasteiger partial charge is 0.271 e. The van der Waals surface area contributed by atoms with E-state index in [-0.39, 0.29) is 23.3 Å². The molecule has 1 aromatic carbocycles. The summed E-state index contributed by atoms with van der Waals surface area (Å²) < 4.78 is 5.56. The highest BCUT2D eigenvalue weighted by molar-refractivity contribution is 5.91. The third-order valence-corrected chi connectivity index (χ3v) is 2.94. The molecule has 22 heavy (non-hydrogen) atoms. The number of benzene rings is 1. The summed E-state index contributed by atoms with van der Waals surface area (Å²) in [5.74, 6) is -0.333. The summed E-state index contributed by atoms with van der Waals surface area (Å²) in [5, 5.41) is 8.68. The Morgan fingerprint density at radius 2 is 2.05 bits per heavy atom. The largest absolute Gasteiger partial charge is 0.374 e. The molecule has 1 heterocycles. The molecule has 0 saturated carbocycles. The van der Waals surface area contributed by atoms with Crippen LogP contribution < -0.4 is 10.9 Å². The molecule has 0 atom stereocenters. The molecule has 0 radical (unpaired) electrons. The number of rotatable bonds is 6. The molecule has 2 rings (SSSR count). The van der Waals surface area contributed by atoms with E-state index >= 15 is 0 Å². The molecule has 0 fully saturated rings. The maximum Gasteiger partial charge on any atom is 0.271 e. The fourth-order valence-corrected chi connectivity index (χ4v) is 1.84. The number of carbonyl (C=O) groups excluding carboxylic acids is 1. The number of nitrogens with zero attached hydrogens (tertiary/aromatic N) is 1. The van der Waals surface area contributed by atoms with Gasteiger partial charge in [0.1, 0.15) is 5.69 Å². The maximum absolute atomic E-state index is 11.9. The summed E-state index contributed by atoms with van der Waals surface area (Å²) in [7, 11) is 0. The molecule has 1 amide bonds. The van der Waals surface area contributed by atoms with Crippen molar-refractivity contribution in [1.29, 1.82) is 0 Å². The van der Waals surface area contributed by atoms with E-state index in [1.165, 1.54) is 12.1 Å². The molecule has 0 saturated heterocycles. The van der Waals surface area contributed by atoms with E-state index in [1.807, 2.05) is 38.1 Å². The number of ether oxygens (including phenoxy) is 1. The van der Waals surface area contributed by atoms with Gasteiger partial charge in [-0.2, -0.15) is 5.10 Å². The van der Waals surface area contributed by atoms with Crippen LogP contribution >= 0.6 is 0 Å². The standard InChI is InChI=1S/C16H19N3O3/c1-11(2)22-10-13-5-3-4-12(8-13)9-17-16(21)14-6-7-15(20)19-18-14/h3-8,11H,9-10H2,1-2H3,(H,17,21)(H,19,20). The Bertz CT molecular complexity index is 675. The van der Waals surface area contributed by atoms with E-state index < -0.39 is 0 Å². The molecule has 6 heteroatoms. The minimum Gasteiger partial charge on any atom is -0.374 e. The molecule has 2 N–H and O–H groups in total. The number of nitrogens with one attached hydrogen (secondary N) is 2. The molecule has 116 valence electrons. The summed E-state index contributed by atoms with van der Waals surface area (Å²) in [5.41, 5.74) is 1.87. The summed E-state index contributed by atoms with van der Waals surface area (Å²) in [6.45, 7) is 4.90. The lowest BCUT2D eigenvalue weighted by molar-refractivity contribution is 0.0657. The van der Waals surface area contributed by atoms with Crippen molar-refractivity contribution in [1.82, 2.24) is 15.5 Å². The van der Waals surface area contributed by atoms with E-state index in [0.29, 0.717) is 13.2 Å². The Morgan fingerprint density at radius 3 is 2.73 bits per heavy atom. The molecule has 0 bridgehead atoms. The van der Waals surface area contributed by atoms with Crippen molar-refractivity contribution in [3.8, 4) is 0 Å². The zero-order valence-electron chi connectivity index (χ0n) is 12.6. The Morgan fingerprint density at radius 1 is 1.27 bits per heavy atom. The average molecular weight is 301 g/mol. The first-order chi connectivity index (χ1) is 10.5. The fourth-order valence-electron chi connectivity index (χ4n) is 1.84. The van der Waals surface area contributed by atoms with Crippen LogP contribution in [0, 0.1) is 0 Å². The molecule has 1 aromatic heterocycles. The summed E-state index contributed by atoms with van der Waals surface area (Å²) >= 11 is 0. The van der Waals surface area contributed by atoms with Gasteiger partial charge in [-0.1, -0.05) is 24.3 Å². The predicted octanol–water partition coefficient (Wildman–Crippen LogP) is 1.62. The van der Waals surface area contributed by atoms with Crippen LogP contribution in [0.1, 0.15) is 35.5 Å². The number of aromatic nitrogens is 2. The number of amides is 1. The van der Waals surface area contributed by atoms with Crippen LogP contribution in [0.15, 0.2) is 41.2 Å². The average Bonchev–Trinajstić information content (AvgIpc) is 2.52. The second kappa shape index (κ2) is 7.51. The molecular weight excluding hydrogens is 282 g/mol. The number of aromatic amines is 1. The van der Waals surface area contributed by atoms with Crippen LogP contribution in [0.2, 0.25) is 0 Å². The van der Waals surface area contributed by atoms with Gasteiger partial charge >= 0.3 is 0 Å². The highest BCUT2D eigenvalue weighted by atomic mass is 16.5. The lowest BCUT2D eigenvalue weighted by atomic mass is 10.1. The molecule has 6 nitrogen and oxygen atoms in total. The maximum atomic E-state index is 11.9. The van der Waals surface area contributed by atoms with Crippen LogP contribution in [-0.4, -0.2) is 22.2 Å². The molecule has 0 unspecified atom stereocenters. The molecule has 0 aliphatic carbocycles. The highest BCUT2D eigenvalue weighted by Gasteiger charge is 2.07. The van der Waals surface area contributed by atoms with Crippen molar-refractivity contribution >= 4 is 5.91 Å². The minimum atomic E-state index is -0.339. The summed E-state index contributed by atoms with van der Waals surface area (Å²) in [4.78, 5) is 22.8. The van der Waals surface area contributed by atoms with Gasteiger partial charge in [0.15, 0.2) is 0 Å². The van der Waals surface area contributed by atoms with Crippen molar-refractivity contribution in [2.45, 2.75) is 33.1 Å². The van der Waals surface area contributed by atoms with E-state index in [4.69, 9.17) is 4.74 Å². The molecule has 0 spiro atoms. The van der Waals surface area contributed by atoms with Gasteiger partial charge in [0.25, 0.3) is 11.5 Å². The van der Waals surface area contributed by atoms with Gasteiger partial charge < -0.3 is 10.1 Å². The topological polar surface area (TPSA) is 84.1 Å². The Kier molecular flexibility index (Phi) is 5.43. The molecule has 0 aliphatic heterocycles. The zero-order chi connectivity index (χ0) is 15.9. The number of hydrogen-bond acceptors (Lipinski definition) is 4. The predicted molar refractivity (Wildman–Crippen MR) is 82.4 cm³/mol. The minimum absolute atomic E-state index is 0.176. The van der Waals surface area contributed by atoms with Crippen LogP contribution in [-0.2, 0) is 17.9 Å².